The van der Waals surface area contributed by atoms with E-state index in [2.05, 4.69) is 5.32 Å². The number of ether oxygens (including phenoxy) is 1. The second-order valence-electron chi connectivity index (χ2n) is 9.77. The standard InChI is InChI=1S/C27H39NO7/c1-17-13-18(2)27(35-25(33)12-7-5-4-6-10-21(16-29)26(17)34)19(3)22(30)11-8-9-20-14-23(31)28-24(32)15-20/h6-7,10,12-13,17,19-21,26-27,29,34H,4-5,8-9,11,14-16H2,1-3H3,(H,28,31,32)/b10-6+,12-7+,18-13-/t17-,19-,21-,26+,27?/m1/s1. The molecule has 2 rings (SSSR count). The molecule has 5 atom stereocenters. The summed E-state index contributed by atoms with van der Waals surface area (Å²) in [5.74, 6) is -2.58. The van der Waals surface area contributed by atoms with E-state index < -0.39 is 30.0 Å². The molecule has 1 fully saturated rings. The number of hydrogen-bond acceptors (Lipinski definition) is 7. The van der Waals surface area contributed by atoms with Gasteiger partial charge < -0.3 is 14.9 Å². The van der Waals surface area contributed by atoms with Crippen molar-refractivity contribution in [2.75, 3.05) is 6.61 Å². The van der Waals surface area contributed by atoms with E-state index in [1.165, 1.54) is 6.08 Å². The Morgan fingerprint density at radius 2 is 1.83 bits per heavy atom. The lowest BCUT2D eigenvalue weighted by atomic mass is 9.85. The average Bonchev–Trinajstić information content (AvgIpc) is 2.79. The molecule has 0 saturated carbocycles. The minimum absolute atomic E-state index is 0.0610. The van der Waals surface area contributed by atoms with Gasteiger partial charge in [0.1, 0.15) is 11.9 Å². The summed E-state index contributed by atoms with van der Waals surface area (Å²) in [7, 11) is 0. The molecule has 35 heavy (non-hydrogen) atoms. The topological polar surface area (TPSA) is 130 Å². The molecular weight excluding hydrogens is 450 g/mol. The van der Waals surface area contributed by atoms with Crippen molar-refractivity contribution in [1.29, 1.82) is 0 Å². The van der Waals surface area contributed by atoms with E-state index in [1.54, 1.807) is 32.1 Å². The molecule has 0 aromatic rings. The van der Waals surface area contributed by atoms with Crippen LogP contribution in [0.2, 0.25) is 0 Å². The number of nitrogens with one attached hydrogen (secondary N) is 1. The maximum absolute atomic E-state index is 13.0. The highest BCUT2D eigenvalue weighted by Gasteiger charge is 2.30. The van der Waals surface area contributed by atoms with Gasteiger partial charge in [-0.1, -0.05) is 38.2 Å². The first-order valence-electron chi connectivity index (χ1n) is 12.5. The molecule has 3 N–H and O–H groups in total. The van der Waals surface area contributed by atoms with E-state index in [9.17, 15) is 29.4 Å². The number of hydrogen-bond donors (Lipinski definition) is 3. The Morgan fingerprint density at radius 1 is 1.17 bits per heavy atom. The number of Topliss-reactive ketones (excluding diaryl/α,β-unsaturated/α-hetero) is 1. The van der Waals surface area contributed by atoms with Gasteiger partial charge in [-0.3, -0.25) is 19.7 Å². The number of piperidine rings is 1. The lowest BCUT2D eigenvalue weighted by Gasteiger charge is -2.27. The monoisotopic (exact) mass is 489 g/mol. The molecular formula is C27H39NO7. The van der Waals surface area contributed by atoms with Crippen LogP contribution in [0.25, 0.3) is 0 Å². The molecule has 2 amide bonds. The van der Waals surface area contributed by atoms with Gasteiger partial charge in [-0.25, -0.2) is 4.79 Å². The van der Waals surface area contributed by atoms with Crippen LogP contribution >= 0.6 is 0 Å². The Hall–Kier alpha value is -2.58. The second-order valence-corrected chi connectivity index (χ2v) is 9.77. The Labute approximate surface area is 207 Å². The van der Waals surface area contributed by atoms with Crippen LogP contribution in [0.15, 0.2) is 36.0 Å². The zero-order chi connectivity index (χ0) is 26.0. The molecule has 0 spiro atoms. The largest absolute Gasteiger partial charge is 0.454 e. The first kappa shape index (κ1) is 28.7. The fourth-order valence-corrected chi connectivity index (χ4v) is 4.70. The number of allylic oxidation sites excluding steroid dienone is 2. The van der Waals surface area contributed by atoms with E-state index in [1.807, 2.05) is 13.0 Å². The Bertz CT molecular complexity index is 844. The molecule has 8 nitrogen and oxygen atoms in total. The van der Waals surface area contributed by atoms with Gasteiger partial charge in [0.15, 0.2) is 0 Å². The molecule has 194 valence electrons. The molecule has 0 aromatic carbocycles. The molecule has 8 heteroatoms. The van der Waals surface area contributed by atoms with E-state index in [-0.39, 0.29) is 55.3 Å². The lowest BCUT2D eigenvalue weighted by Crippen LogP contribution is -2.38. The van der Waals surface area contributed by atoms with Gasteiger partial charge in [-0.05, 0) is 44.1 Å². The van der Waals surface area contributed by atoms with Gasteiger partial charge in [-0.15, -0.1) is 0 Å². The van der Waals surface area contributed by atoms with Crippen LogP contribution in [0.5, 0.6) is 0 Å². The zero-order valence-corrected chi connectivity index (χ0v) is 20.9. The molecule has 2 heterocycles. The number of carbonyl (C=O) groups is 4. The van der Waals surface area contributed by atoms with Crippen molar-refractivity contribution in [3.63, 3.8) is 0 Å². The van der Waals surface area contributed by atoms with Crippen molar-refractivity contribution in [2.24, 2.45) is 23.7 Å². The molecule has 0 aliphatic carbocycles. The van der Waals surface area contributed by atoms with Crippen LogP contribution < -0.4 is 5.32 Å². The van der Waals surface area contributed by atoms with Crippen LogP contribution in [0, 0.1) is 23.7 Å². The normalized spacial score (nSPS) is 31.3. The molecule has 0 bridgehead atoms. The van der Waals surface area contributed by atoms with E-state index in [0.29, 0.717) is 31.3 Å². The highest BCUT2D eigenvalue weighted by Crippen LogP contribution is 2.26. The SMILES string of the molecule is C/C1=C/[C@@H](C)[C@H](O)[C@@H](CO)/C=C/CC/C=C/C(=O)OC1[C@H](C)C(=O)CCCC1CC(=O)NC(=O)C1. The Kier molecular flexibility index (Phi) is 11.5. The zero-order valence-electron chi connectivity index (χ0n) is 20.9. The van der Waals surface area contributed by atoms with Gasteiger partial charge in [0.05, 0.1) is 18.6 Å². The van der Waals surface area contributed by atoms with E-state index in [4.69, 9.17) is 4.74 Å². The number of cyclic esters (lactones) is 1. The van der Waals surface area contributed by atoms with Crippen LogP contribution in [0.1, 0.15) is 65.7 Å². The Balaban J connectivity index is 2.11. The highest BCUT2D eigenvalue weighted by molar-refractivity contribution is 5.97. The summed E-state index contributed by atoms with van der Waals surface area (Å²) >= 11 is 0. The summed E-state index contributed by atoms with van der Waals surface area (Å²) < 4.78 is 5.69. The minimum atomic E-state index is -0.831. The number of esters is 1. The van der Waals surface area contributed by atoms with E-state index >= 15 is 0 Å². The maximum Gasteiger partial charge on any atom is 0.331 e. The van der Waals surface area contributed by atoms with Gasteiger partial charge in [0.25, 0.3) is 0 Å². The third-order valence-corrected chi connectivity index (χ3v) is 6.77. The van der Waals surface area contributed by atoms with Crippen molar-refractivity contribution in [1.82, 2.24) is 5.32 Å². The number of aliphatic hydroxyl groups excluding tert-OH is 2. The van der Waals surface area contributed by atoms with Crippen LogP contribution in [-0.2, 0) is 23.9 Å². The number of amides is 2. The quantitative estimate of drug-likeness (QED) is 0.285. The summed E-state index contributed by atoms with van der Waals surface area (Å²) in [5, 5.41) is 22.7. The average molecular weight is 490 g/mol. The summed E-state index contributed by atoms with van der Waals surface area (Å²) in [4.78, 5) is 48.6. The number of rotatable bonds is 7. The fraction of sp³-hybridized carbons (Fsp3) is 0.630. The van der Waals surface area contributed by atoms with E-state index in [0.717, 1.165) is 0 Å². The predicted molar refractivity (Wildman–Crippen MR) is 131 cm³/mol. The molecule has 2 aliphatic rings. The molecule has 1 saturated heterocycles. The lowest BCUT2D eigenvalue weighted by molar-refractivity contribution is -0.145. The van der Waals surface area contributed by atoms with Gasteiger partial charge in [0.2, 0.25) is 11.8 Å². The van der Waals surface area contributed by atoms with Crippen molar-refractivity contribution < 1.29 is 34.1 Å². The summed E-state index contributed by atoms with van der Waals surface area (Å²) in [6, 6.07) is 0. The first-order chi connectivity index (χ1) is 16.6. The molecule has 0 radical (unpaired) electrons. The fourth-order valence-electron chi connectivity index (χ4n) is 4.70. The molecule has 0 aromatic heterocycles. The number of imide groups is 1. The van der Waals surface area contributed by atoms with Crippen molar-refractivity contribution >= 4 is 23.6 Å². The Morgan fingerprint density at radius 3 is 2.49 bits per heavy atom. The molecule has 1 unspecified atom stereocenters. The van der Waals surface area contributed by atoms with Crippen LogP contribution in [-0.4, -0.2) is 52.6 Å². The predicted octanol–water partition coefficient (Wildman–Crippen LogP) is 2.78. The van der Waals surface area contributed by atoms with Crippen LogP contribution in [0.4, 0.5) is 0 Å². The smallest absolute Gasteiger partial charge is 0.331 e. The number of carbonyl (C=O) groups excluding carboxylic acids is 4. The number of ketones is 1. The summed E-state index contributed by atoms with van der Waals surface area (Å²) in [6.07, 6.45) is 10.1. The highest BCUT2D eigenvalue weighted by atomic mass is 16.5. The second kappa shape index (κ2) is 14.1. The van der Waals surface area contributed by atoms with Crippen molar-refractivity contribution in [2.45, 2.75) is 77.9 Å². The van der Waals surface area contributed by atoms with Crippen molar-refractivity contribution in [3.05, 3.63) is 36.0 Å². The van der Waals surface area contributed by atoms with Crippen LogP contribution in [0.3, 0.4) is 0 Å². The van der Waals surface area contributed by atoms with Gasteiger partial charge >= 0.3 is 5.97 Å². The van der Waals surface area contributed by atoms with Gasteiger partial charge in [-0.2, -0.15) is 0 Å². The maximum atomic E-state index is 13.0. The first-order valence-corrected chi connectivity index (χ1v) is 12.5. The van der Waals surface area contributed by atoms with Crippen molar-refractivity contribution in [3.8, 4) is 0 Å². The number of aliphatic hydroxyl groups is 2. The third kappa shape index (κ3) is 9.18. The molecule has 2 aliphatic heterocycles. The van der Waals surface area contributed by atoms with Gasteiger partial charge in [0, 0.05) is 37.2 Å². The minimum Gasteiger partial charge on any atom is -0.454 e. The summed E-state index contributed by atoms with van der Waals surface area (Å²) in [6.45, 7) is 5.13. The third-order valence-electron chi connectivity index (χ3n) is 6.77. The summed E-state index contributed by atoms with van der Waals surface area (Å²) in [5.41, 5.74) is 0.659.